The highest BCUT2D eigenvalue weighted by Crippen LogP contribution is 2.45. The summed E-state index contributed by atoms with van der Waals surface area (Å²) in [6, 6.07) is 0. The van der Waals surface area contributed by atoms with E-state index in [0.29, 0.717) is 11.5 Å². The van der Waals surface area contributed by atoms with Gasteiger partial charge in [-0.25, -0.2) is 0 Å². The molecule has 1 aliphatic heterocycles. The minimum absolute atomic E-state index is 0.0220. The van der Waals surface area contributed by atoms with Crippen LogP contribution in [0.2, 0.25) is 0 Å². The largest absolute Gasteiger partial charge is 0.510 e. The van der Waals surface area contributed by atoms with Crippen LogP contribution in [0.3, 0.4) is 0 Å². The van der Waals surface area contributed by atoms with Crippen molar-refractivity contribution in [3.63, 3.8) is 0 Å². The van der Waals surface area contributed by atoms with E-state index >= 15 is 0 Å². The van der Waals surface area contributed by atoms with Gasteiger partial charge in [0.05, 0.1) is 4.75 Å². The smallest absolute Gasteiger partial charge is 0.219 e. The molecule has 0 amide bonds. The zero-order chi connectivity index (χ0) is 10.9. The van der Waals surface area contributed by atoms with Crippen molar-refractivity contribution in [3.8, 4) is 0 Å². The third-order valence-corrected chi connectivity index (χ3v) is 4.02. The summed E-state index contributed by atoms with van der Waals surface area (Å²) >= 11 is 1.26. The Morgan fingerprint density at radius 2 is 2.07 bits per heavy atom. The molecule has 14 heavy (non-hydrogen) atoms. The summed E-state index contributed by atoms with van der Waals surface area (Å²) in [6.45, 7) is 7.95. The Morgan fingerprint density at radius 3 is 2.43 bits per heavy atom. The van der Waals surface area contributed by atoms with Crippen LogP contribution >= 0.6 is 11.8 Å². The van der Waals surface area contributed by atoms with Crippen molar-refractivity contribution in [2.75, 3.05) is 0 Å². The maximum atomic E-state index is 11.4. The van der Waals surface area contributed by atoms with E-state index in [1.54, 1.807) is 6.92 Å². The molecule has 0 radical (unpaired) electrons. The van der Waals surface area contributed by atoms with Crippen LogP contribution in [0.4, 0.5) is 0 Å². The Labute approximate surface area is 89.8 Å². The highest BCUT2D eigenvalue weighted by atomic mass is 32.2. The molecular weight excluding hydrogens is 196 g/mol. The van der Waals surface area contributed by atoms with Crippen LogP contribution in [0, 0.1) is 5.92 Å². The van der Waals surface area contributed by atoms with Crippen LogP contribution in [0.15, 0.2) is 11.3 Å². The average molecular weight is 214 g/mol. The molecule has 1 unspecified atom stereocenters. The predicted octanol–water partition coefficient (Wildman–Crippen LogP) is 3.29. The van der Waals surface area contributed by atoms with Gasteiger partial charge in [0.15, 0.2) is 0 Å². The molecule has 1 heterocycles. The van der Waals surface area contributed by atoms with Gasteiger partial charge in [0, 0.05) is 5.57 Å². The van der Waals surface area contributed by atoms with Gasteiger partial charge < -0.3 is 5.11 Å². The van der Waals surface area contributed by atoms with Crippen molar-refractivity contribution >= 4 is 16.9 Å². The molecule has 0 fully saturated rings. The molecule has 0 aromatic rings. The van der Waals surface area contributed by atoms with Gasteiger partial charge >= 0.3 is 0 Å². The zero-order valence-electron chi connectivity index (χ0n) is 9.26. The van der Waals surface area contributed by atoms with Gasteiger partial charge in [0.2, 0.25) is 5.12 Å². The van der Waals surface area contributed by atoms with Crippen LogP contribution in [-0.2, 0) is 4.79 Å². The SMILES string of the molecule is CC1=C(O)C(C)(CCC(C)C)SC1=O. The van der Waals surface area contributed by atoms with E-state index in [9.17, 15) is 9.90 Å². The summed E-state index contributed by atoms with van der Waals surface area (Å²) in [6.07, 6.45) is 1.90. The average Bonchev–Trinajstić information content (AvgIpc) is 2.28. The lowest BCUT2D eigenvalue weighted by molar-refractivity contribution is -0.107. The van der Waals surface area contributed by atoms with E-state index in [4.69, 9.17) is 0 Å². The summed E-state index contributed by atoms with van der Waals surface area (Å²) in [5.74, 6) is 0.893. The second kappa shape index (κ2) is 3.97. The normalized spacial score (nSPS) is 27.9. The fourth-order valence-corrected chi connectivity index (χ4v) is 2.68. The lowest BCUT2D eigenvalue weighted by Crippen LogP contribution is -2.21. The van der Waals surface area contributed by atoms with Crippen LogP contribution in [-0.4, -0.2) is 15.0 Å². The first-order chi connectivity index (χ1) is 6.37. The fourth-order valence-electron chi connectivity index (χ4n) is 1.56. The van der Waals surface area contributed by atoms with Crippen molar-refractivity contribution in [2.24, 2.45) is 5.92 Å². The standard InChI is InChI=1S/C11H18O2S/c1-7(2)5-6-11(4)9(12)8(3)10(13)14-11/h7,12H,5-6H2,1-4H3. The number of carbonyl (C=O) groups excluding carboxylic acids is 1. The topological polar surface area (TPSA) is 37.3 Å². The maximum Gasteiger partial charge on any atom is 0.219 e. The first-order valence-electron chi connectivity index (χ1n) is 5.00. The van der Waals surface area contributed by atoms with E-state index in [0.717, 1.165) is 12.8 Å². The first kappa shape index (κ1) is 11.6. The second-order valence-corrected chi connectivity index (χ2v) is 6.00. The van der Waals surface area contributed by atoms with E-state index in [1.165, 1.54) is 11.8 Å². The van der Waals surface area contributed by atoms with Crippen LogP contribution in [0.5, 0.6) is 0 Å². The molecule has 80 valence electrons. The van der Waals surface area contributed by atoms with Crippen LogP contribution < -0.4 is 0 Å². The molecule has 3 heteroatoms. The molecule has 0 saturated heterocycles. The summed E-state index contributed by atoms with van der Waals surface area (Å²) < 4.78 is -0.370. The number of aliphatic hydroxyl groups is 1. The Hall–Kier alpha value is -0.440. The van der Waals surface area contributed by atoms with Gasteiger partial charge in [-0.05, 0) is 32.6 Å². The number of hydrogen-bond donors (Lipinski definition) is 1. The van der Waals surface area contributed by atoms with E-state index in [1.807, 2.05) is 6.92 Å². The number of carbonyl (C=O) groups is 1. The Morgan fingerprint density at radius 1 is 1.50 bits per heavy atom. The Bertz CT molecular complexity index is 281. The van der Waals surface area contributed by atoms with E-state index in [2.05, 4.69) is 13.8 Å². The lowest BCUT2D eigenvalue weighted by Gasteiger charge is -2.23. The van der Waals surface area contributed by atoms with E-state index in [-0.39, 0.29) is 15.6 Å². The molecule has 0 spiro atoms. The zero-order valence-corrected chi connectivity index (χ0v) is 10.1. The van der Waals surface area contributed by atoms with Crippen molar-refractivity contribution in [1.29, 1.82) is 0 Å². The Balaban J connectivity index is 2.73. The van der Waals surface area contributed by atoms with Gasteiger partial charge in [-0.2, -0.15) is 0 Å². The van der Waals surface area contributed by atoms with Gasteiger partial charge in [0.25, 0.3) is 0 Å². The maximum absolute atomic E-state index is 11.4. The minimum atomic E-state index is -0.370. The molecule has 0 bridgehead atoms. The summed E-state index contributed by atoms with van der Waals surface area (Å²) in [5, 5.41) is 9.86. The molecule has 1 aliphatic rings. The van der Waals surface area contributed by atoms with Crippen molar-refractivity contribution in [2.45, 2.75) is 45.3 Å². The highest BCUT2D eigenvalue weighted by molar-refractivity contribution is 8.15. The third-order valence-electron chi connectivity index (χ3n) is 2.68. The van der Waals surface area contributed by atoms with Gasteiger partial charge in [-0.3, -0.25) is 4.79 Å². The van der Waals surface area contributed by atoms with E-state index < -0.39 is 0 Å². The molecule has 1 rings (SSSR count). The number of thioether (sulfide) groups is 1. The Kier molecular flexibility index (Phi) is 3.30. The first-order valence-corrected chi connectivity index (χ1v) is 5.82. The minimum Gasteiger partial charge on any atom is -0.510 e. The third kappa shape index (κ3) is 2.14. The van der Waals surface area contributed by atoms with Crippen LogP contribution in [0.25, 0.3) is 0 Å². The molecule has 0 aromatic carbocycles. The summed E-state index contributed by atoms with van der Waals surface area (Å²) in [4.78, 5) is 11.4. The van der Waals surface area contributed by atoms with Gasteiger partial charge in [-0.15, -0.1) is 0 Å². The summed E-state index contributed by atoms with van der Waals surface area (Å²) in [5.41, 5.74) is 0.529. The molecule has 0 aromatic heterocycles. The predicted molar refractivity (Wildman–Crippen MR) is 60.4 cm³/mol. The van der Waals surface area contributed by atoms with Gasteiger partial charge in [0.1, 0.15) is 5.76 Å². The van der Waals surface area contributed by atoms with Crippen molar-refractivity contribution in [3.05, 3.63) is 11.3 Å². The second-order valence-electron chi connectivity index (χ2n) is 4.53. The van der Waals surface area contributed by atoms with Gasteiger partial charge in [-0.1, -0.05) is 25.6 Å². The number of aliphatic hydroxyl groups excluding tert-OH is 1. The summed E-state index contributed by atoms with van der Waals surface area (Å²) in [7, 11) is 0. The highest BCUT2D eigenvalue weighted by Gasteiger charge is 2.41. The fraction of sp³-hybridized carbons (Fsp3) is 0.727. The number of rotatable bonds is 3. The molecular formula is C11H18O2S. The quantitative estimate of drug-likeness (QED) is 0.783. The number of hydrogen-bond acceptors (Lipinski definition) is 3. The monoisotopic (exact) mass is 214 g/mol. The molecule has 2 nitrogen and oxygen atoms in total. The van der Waals surface area contributed by atoms with Crippen molar-refractivity contribution < 1.29 is 9.90 Å². The molecule has 1 N–H and O–H groups in total. The lowest BCUT2D eigenvalue weighted by atomic mass is 9.95. The van der Waals surface area contributed by atoms with Crippen LogP contribution in [0.1, 0.15) is 40.5 Å². The molecule has 0 saturated carbocycles. The molecule has 1 atom stereocenters. The van der Waals surface area contributed by atoms with Crippen molar-refractivity contribution in [1.82, 2.24) is 0 Å². The molecule has 0 aliphatic carbocycles.